The standard InChI is InChI=1S/C12H13NO.H2O/c1-9(13)12(10(2)14)8-11-6-4-3-5-7-11;/h3-8,13H,1-2H3;1H2/b12-8-,13-9?;. The molecule has 0 fully saturated rings. The van der Waals surface area contributed by atoms with E-state index < -0.39 is 0 Å². The summed E-state index contributed by atoms with van der Waals surface area (Å²) in [7, 11) is 0. The molecule has 0 saturated carbocycles. The van der Waals surface area contributed by atoms with E-state index in [1.165, 1.54) is 6.92 Å². The van der Waals surface area contributed by atoms with E-state index in [-0.39, 0.29) is 11.3 Å². The highest BCUT2D eigenvalue weighted by Gasteiger charge is 2.05. The SMILES string of the molecule is CC(=N)/C(=C/c1ccccc1)C(C)=O.O. The van der Waals surface area contributed by atoms with E-state index in [4.69, 9.17) is 5.41 Å². The summed E-state index contributed by atoms with van der Waals surface area (Å²) in [4.78, 5) is 11.2. The molecule has 1 aromatic carbocycles. The molecule has 0 amide bonds. The van der Waals surface area contributed by atoms with E-state index in [1.807, 2.05) is 30.3 Å². The van der Waals surface area contributed by atoms with Crippen molar-refractivity contribution >= 4 is 17.6 Å². The van der Waals surface area contributed by atoms with Gasteiger partial charge in [-0.25, -0.2) is 0 Å². The number of benzene rings is 1. The Labute approximate surface area is 89.3 Å². The number of carbonyl (C=O) groups is 1. The maximum atomic E-state index is 11.2. The summed E-state index contributed by atoms with van der Waals surface area (Å²) in [6.45, 7) is 3.10. The fraction of sp³-hybridized carbons (Fsp3) is 0.167. The Morgan fingerprint density at radius 2 is 1.73 bits per heavy atom. The molecule has 0 unspecified atom stereocenters. The van der Waals surface area contributed by atoms with Gasteiger partial charge in [0.25, 0.3) is 0 Å². The topological polar surface area (TPSA) is 72.4 Å². The monoisotopic (exact) mass is 205 g/mol. The Hall–Kier alpha value is -1.74. The Bertz CT molecular complexity index is 364. The molecule has 1 aromatic rings. The minimum absolute atomic E-state index is 0. The molecule has 0 saturated heterocycles. The van der Waals surface area contributed by atoms with E-state index in [9.17, 15) is 4.79 Å². The van der Waals surface area contributed by atoms with Crippen molar-refractivity contribution in [2.75, 3.05) is 0 Å². The molecule has 0 spiro atoms. The van der Waals surface area contributed by atoms with Crippen molar-refractivity contribution < 1.29 is 10.3 Å². The van der Waals surface area contributed by atoms with Crippen molar-refractivity contribution in [1.29, 1.82) is 5.41 Å². The first-order valence-corrected chi connectivity index (χ1v) is 4.44. The third-order valence-corrected chi connectivity index (χ3v) is 1.89. The van der Waals surface area contributed by atoms with E-state index in [0.29, 0.717) is 11.3 Å². The molecule has 0 bridgehead atoms. The largest absolute Gasteiger partial charge is 0.412 e. The smallest absolute Gasteiger partial charge is 0.161 e. The van der Waals surface area contributed by atoms with Crippen LogP contribution in [0.3, 0.4) is 0 Å². The zero-order valence-corrected chi connectivity index (χ0v) is 8.87. The minimum Gasteiger partial charge on any atom is -0.412 e. The summed E-state index contributed by atoms with van der Waals surface area (Å²) in [6, 6.07) is 9.55. The number of carbonyl (C=O) groups excluding carboxylic acids is 1. The van der Waals surface area contributed by atoms with Gasteiger partial charge in [0.2, 0.25) is 0 Å². The van der Waals surface area contributed by atoms with Crippen LogP contribution in [0.2, 0.25) is 0 Å². The Morgan fingerprint density at radius 3 is 2.13 bits per heavy atom. The molecule has 0 aliphatic heterocycles. The van der Waals surface area contributed by atoms with Crippen LogP contribution >= 0.6 is 0 Å². The summed E-state index contributed by atoms with van der Waals surface area (Å²) in [6.07, 6.45) is 1.74. The first kappa shape index (κ1) is 13.3. The number of allylic oxidation sites excluding steroid dienone is 1. The van der Waals surface area contributed by atoms with Crippen LogP contribution in [0.25, 0.3) is 6.08 Å². The summed E-state index contributed by atoms with van der Waals surface area (Å²) >= 11 is 0. The highest BCUT2D eigenvalue weighted by Crippen LogP contribution is 2.08. The van der Waals surface area contributed by atoms with E-state index in [0.717, 1.165) is 5.56 Å². The average molecular weight is 205 g/mol. The first-order valence-electron chi connectivity index (χ1n) is 4.44. The van der Waals surface area contributed by atoms with Crippen LogP contribution in [0.4, 0.5) is 0 Å². The van der Waals surface area contributed by atoms with Crippen LogP contribution in [0, 0.1) is 5.41 Å². The van der Waals surface area contributed by atoms with Crippen molar-refractivity contribution in [2.24, 2.45) is 0 Å². The first-order chi connectivity index (χ1) is 6.61. The van der Waals surface area contributed by atoms with Gasteiger partial charge < -0.3 is 10.9 Å². The third-order valence-electron chi connectivity index (χ3n) is 1.89. The molecule has 3 nitrogen and oxygen atoms in total. The molecule has 15 heavy (non-hydrogen) atoms. The second-order valence-corrected chi connectivity index (χ2v) is 3.15. The Kier molecular flexibility index (Phi) is 5.20. The zero-order valence-electron chi connectivity index (χ0n) is 8.87. The fourth-order valence-corrected chi connectivity index (χ4v) is 1.19. The quantitative estimate of drug-likeness (QED) is 0.593. The normalized spacial score (nSPS) is 10.4. The lowest BCUT2D eigenvalue weighted by atomic mass is 10.0. The predicted octanol–water partition coefficient (Wildman–Crippen LogP) is 1.87. The van der Waals surface area contributed by atoms with Crippen molar-refractivity contribution in [3.8, 4) is 0 Å². The van der Waals surface area contributed by atoms with Crippen LogP contribution in [0.5, 0.6) is 0 Å². The van der Waals surface area contributed by atoms with Gasteiger partial charge in [-0.3, -0.25) is 4.79 Å². The zero-order chi connectivity index (χ0) is 10.6. The van der Waals surface area contributed by atoms with Gasteiger partial charge in [-0.05, 0) is 25.5 Å². The van der Waals surface area contributed by atoms with Crippen molar-refractivity contribution in [3.05, 3.63) is 41.5 Å². The van der Waals surface area contributed by atoms with E-state index >= 15 is 0 Å². The Morgan fingerprint density at radius 1 is 1.20 bits per heavy atom. The van der Waals surface area contributed by atoms with Gasteiger partial charge in [0.15, 0.2) is 5.78 Å². The van der Waals surface area contributed by atoms with Crippen LogP contribution in [0.1, 0.15) is 19.4 Å². The number of Topliss-reactive ketones (excluding diaryl/α,β-unsaturated/α-hetero) is 1. The Balaban J connectivity index is 0.00000196. The molecular formula is C12H15NO2. The summed E-state index contributed by atoms with van der Waals surface area (Å²) in [5.41, 5.74) is 1.72. The molecule has 3 N–H and O–H groups in total. The van der Waals surface area contributed by atoms with Gasteiger partial charge in [0.1, 0.15) is 0 Å². The van der Waals surface area contributed by atoms with Crippen molar-refractivity contribution in [3.63, 3.8) is 0 Å². The molecule has 0 heterocycles. The number of hydrogen-bond donors (Lipinski definition) is 1. The lowest BCUT2D eigenvalue weighted by Crippen LogP contribution is -2.04. The van der Waals surface area contributed by atoms with Gasteiger partial charge in [0.05, 0.1) is 0 Å². The van der Waals surface area contributed by atoms with Gasteiger partial charge in [-0.15, -0.1) is 0 Å². The molecule has 3 heteroatoms. The van der Waals surface area contributed by atoms with Gasteiger partial charge in [0, 0.05) is 11.3 Å². The van der Waals surface area contributed by atoms with Crippen molar-refractivity contribution in [2.45, 2.75) is 13.8 Å². The summed E-state index contributed by atoms with van der Waals surface area (Å²) in [5, 5.41) is 7.44. The predicted molar refractivity (Wildman–Crippen MR) is 62.1 cm³/mol. The minimum atomic E-state index is -0.0682. The maximum Gasteiger partial charge on any atom is 0.161 e. The third kappa shape index (κ3) is 3.87. The number of hydrogen-bond acceptors (Lipinski definition) is 2. The molecule has 0 aromatic heterocycles. The number of rotatable bonds is 3. The molecule has 0 aliphatic rings. The molecule has 1 rings (SSSR count). The number of ketones is 1. The molecule has 0 atom stereocenters. The highest BCUT2D eigenvalue weighted by atomic mass is 16.1. The van der Waals surface area contributed by atoms with E-state index in [2.05, 4.69) is 0 Å². The van der Waals surface area contributed by atoms with Gasteiger partial charge in [-0.1, -0.05) is 30.3 Å². The summed E-state index contributed by atoms with van der Waals surface area (Å²) < 4.78 is 0. The summed E-state index contributed by atoms with van der Waals surface area (Å²) in [5.74, 6) is -0.0682. The lowest BCUT2D eigenvalue weighted by Gasteiger charge is -2.00. The van der Waals surface area contributed by atoms with Crippen LogP contribution < -0.4 is 0 Å². The molecule has 0 radical (unpaired) electrons. The second-order valence-electron chi connectivity index (χ2n) is 3.15. The highest BCUT2D eigenvalue weighted by molar-refractivity contribution is 6.22. The fourth-order valence-electron chi connectivity index (χ4n) is 1.19. The second kappa shape index (κ2) is 5.88. The lowest BCUT2D eigenvalue weighted by molar-refractivity contribution is -0.113. The van der Waals surface area contributed by atoms with Gasteiger partial charge >= 0.3 is 0 Å². The van der Waals surface area contributed by atoms with Crippen LogP contribution in [-0.4, -0.2) is 17.0 Å². The molecule has 80 valence electrons. The van der Waals surface area contributed by atoms with Crippen molar-refractivity contribution in [1.82, 2.24) is 0 Å². The number of nitrogens with one attached hydrogen (secondary N) is 1. The van der Waals surface area contributed by atoms with E-state index in [1.54, 1.807) is 13.0 Å². The maximum absolute atomic E-state index is 11.2. The molecular weight excluding hydrogens is 190 g/mol. The average Bonchev–Trinajstić information content (AvgIpc) is 2.15. The van der Waals surface area contributed by atoms with Gasteiger partial charge in [-0.2, -0.15) is 0 Å². The van der Waals surface area contributed by atoms with Crippen LogP contribution in [0.15, 0.2) is 35.9 Å². The van der Waals surface area contributed by atoms with Crippen LogP contribution in [-0.2, 0) is 4.79 Å². The molecule has 0 aliphatic carbocycles.